The van der Waals surface area contributed by atoms with Crippen LogP contribution in [0.3, 0.4) is 0 Å². The number of nitrogens with one attached hydrogen (secondary N) is 2. The molecule has 17 heavy (non-hydrogen) atoms. The Balaban J connectivity index is 2.08. The van der Waals surface area contributed by atoms with Crippen molar-refractivity contribution in [1.29, 1.82) is 0 Å². The Morgan fingerprint density at radius 3 is 2.88 bits per heavy atom. The molecule has 0 aliphatic carbocycles. The third-order valence-electron chi connectivity index (χ3n) is 1.85. The van der Waals surface area contributed by atoms with Crippen molar-refractivity contribution in [3.05, 3.63) is 40.6 Å². The Morgan fingerprint density at radius 2 is 2.24 bits per heavy atom. The maximum Gasteiger partial charge on any atom is 0.325 e. The number of halogens is 2. The van der Waals surface area contributed by atoms with Gasteiger partial charge in [-0.15, -0.1) is 11.3 Å². The van der Waals surface area contributed by atoms with Crippen LogP contribution in [-0.4, -0.2) is 11.0 Å². The van der Waals surface area contributed by atoms with Crippen LogP contribution < -0.4 is 10.6 Å². The third kappa shape index (κ3) is 2.92. The SMILES string of the molecule is O=C(Nc1nccs1)Nc1c(F)cccc1Cl. The molecule has 0 saturated carbocycles. The molecule has 2 N–H and O–H groups in total. The van der Waals surface area contributed by atoms with Gasteiger partial charge >= 0.3 is 6.03 Å². The van der Waals surface area contributed by atoms with E-state index in [1.807, 2.05) is 0 Å². The number of carbonyl (C=O) groups excluding carboxylic acids is 1. The molecule has 0 radical (unpaired) electrons. The maximum atomic E-state index is 13.3. The number of thiazole rings is 1. The number of amides is 2. The van der Waals surface area contributed by atoms with E-state index in [1.54, 1.807) is 11.6 Å². The number of benzene rings is 1. The first-order valence-corrected chi connectivity index (χ1v) is 5.84. The Morgan fingerprint density at radius 1 is 1.41 bits per heavy atom. The molecule has 2 amide bonds. The van der Waals surface area contributed by atoms with Crippen molar-refractivity contribution in [2.45, 2.75) is 0 Å². The van der Waals surface area contributed by atoms with E-state index in [-0.39, 0.29) is 10.7 Å². The van der Waals surface area contributed by atoms with Gasteiger partial charge in [-0.1, -0.05) is 17.7 Å². The molecule has 1 heterocycles. The van der Waals surface area contributed by atoms with Crippen molar-refractivity contribution in [3.63, 3.8) is 0 Å². The molecule has 0 aliphatic heterocycles. The summed E-state index contributed by atoms with van der Waals surface area (Å²) in [6, 6.07) is 3.57. The van der Waals surface area contributed by atoms with Gasteiger partial charge < -0.3 is 5.32 Å². The summed E-state index contributed by atoms with van der Waals surface area (Å²) in [5.41, 5.74) is -0.0526. The predicted molar refractivity (Wildman–Crippen MR) is 66.2 cm³/mol. The van der Waals surface area contributed by atoms with Gasteiger partial charge in [0.15, 0.2) is 5.13 Å². The van der Waals surface area contributed by atoms with Crippen molar-refractivity contribution >= 4 is 39.8 Å². The summed E-state index contributed by atoms with van der Waals surface area (Å²) in [6.45, 7) is 0. The molecule has 0 unspecified atom stereocenters. The van der Waals surface area contributed by atoms with Gasteiger partial charge in [-0.3, -0.25) is 5.32 Å². The van der Waals surface area contributed by atoms with E-state index in [0.717, 1.165) is 0 Å². The summed E-state index contributed by atoms with van der Waals surface area (Å²) >= 11 is 7.02. The number of carbonyl (C=O) groups is 1. The van der Waals surface area contributed by atoms with Crippen LogP contribution in [-0.2, 0) is 0 Å². The van der Waals surface area contributed by atoms with Crippen LogP contribution in [0.2, 0.25) is 5.02 Å². The number of urea groups is 1. The summed E-state index contributed by atoms with van der Waals surface area (Å²) in [6.07, 6.45) is 1.55. The number of anilines is 2. The van der Waals surface area contributed by atoms with Crippen molar-refractivity contribution < 1.29 is 9.18 Å². The van der Waals surface area contributed by atoms with Crippen molar-refractivity contribution in [1.82, 2.24) is 4.98 Å². The standard InChI is InChI=1S/C10H7ClFN3OS/c11-6-2-1-3-7(12)8(6)14-9(16)15-10-13-4-5-17-10/h1-5H,(H2,13,14,15,16). The number of aromatic nitrogens is 1. The lowest BCUT2D eigenvalue weighted by atomic mass is 10.3. The van der Waals surface area contributed by atoms with Crippen LogP contribution in [0.4, 0.5) is 20.0 Å². The van der Waals surface area contributed by atoms with E-state index in [0.29, 0.717) is 5.13 Å². The highest BCUT2D eigenvalue weighted by Gasteiger charge is 2.11. The molecule has 2 aromatic rings. The van der Waals surface area contributed by atoms with Gasteiger partial charge in [-0.05, 0) is 12.1 Å². The van der Waals surface area contributed by atoms with E-state index in [9.17, 15) is 9.18 Å². The minimum absolute atomic E-state index is 0.0526. The zero-order valence-corrected chi connectivity index (χ0v) is 9.98. The number of hydrogen-bond acceptors (Lipinski definition) is 3. The molecule has 0 bridgehead atoms. The second-order valence-corrected chi connectivity index (χ2v) is 4.31. The zero-order valence-electron chi connectivity index (χ0n) is 8.41. The lowest BCUT2D eigenvalue weighted by molar-refractivity contribution is 0.262. The van der Waals surface area contributed by atoms with Crippen LogP contribution in [0.5, 0.6) is 0 Å². The van der Waals surface area contributed by atoms with Crippen molar-refractivity contribution in [2.24, 2.45) is 0 Å². The summed E-state index contributed by atoms with van der Waals surface area (Å²) in [7, 11) is 0. The molecule has 1 aromatic carbocycles. The zero-order chi connectivity index (χ0) is 12.3. The Labute approximate surface area is 105 Å². The Bertz CT molecular complexity index is 512. The quantitative estimate of drug-likeness (QED) is 0.877. The molecular weight excluding hydrogens is 265 g/mol. The fraction of sp³-hybridized carbons (Fsp3) is 0. The summed E-state index contributed by atoms with van der Waals surface area (Å²) in [4.78, 5) is 15.4. The topological polar surface area (TPSA) is 54.0 Å². The fourth-order valence-electron chi connectivity index (χ4n) is 1.14. The molecule has 0 aliphatic rings. The van der Waals surface area contributed by atoms with E-state index >= 15 is 0 Å². The van der Waals surface area contributed by atoms with Gasteiger partial charge in [0.05, 0.1) is 10.7 Å². The number of para-hydroxylation sites is 1. The maximum absolute atomic E-state index is 13.3. The van der Waals surface area contributed by atoms with E-state index in [2.05, 4.69) is 15.6 Å². The summed E-state index contributed by atoms with van der Waals surface area (Å²) < 4.78 is 13.3. The highest BCUT2D eigenvalue weighted by atomic mass is 35.5. The highest BCUT2D eigenvalue weighted by molar-refractivity contribution is 7.13. The second-order valence-electron chi connectivity index (χ2n) is 3.01. The second kappa shape index (κ2) is 5.11. The smallest absolute Gasteiger partial charge is 0.304 e. The normalized spacial score (nSPS) is 10.0. The number of nitrogens with zero attached hydrogens (tertiary/aromatic N) is 1. The first-order valence-electron chi connectivity index (χ1n) is 4.58. The monoisotopic (exact) mass is 271 g/mol. The molecule has 0 spiro atoms. The molecule has 1 aromatic heterocycles. The number of hydrogen-bond donors (Lipinski definition) is 2. The van der Waals surface area contributed by atoms with Gasteiger partial charge in [0.1, 0.15) is 5.82 Å². The van der Waals surface area contributed by atoms with Crippen LogP contribution >= 0.6 is 22.9 Å². The minimum Gasteiger partial charge on any atom is -0.304 e. The van der Waals surface area contributed by atoms with Gasteiger partial charge in [0.25, 0.3) is 0 Å². The van der Waals surface area contributed by atoms with Gasteiger partial charge in [0, 0.05) is 11.6 Å². The van der Waals surface area contributed by atoms with E-state index < -0.39 is 11.8 Å². The van der Waals surface area contributed by atoms with Crippen LogP contribution in [0, 0.1) is 5.82 Å². The first-order chi connectivity index (χ1) is 8.16. The van der Waals surface area contributed by atoms with Crippen LogP contribution in [0.25, 0.3) is 0 Å². The minimum atomic E-state index is -0.591. The number of rotatable bonds is 2. The molecule has 0 saturated heterocycles. The molecule has 88 valence electrons. The van der Waals surface area contributed by atoms with Gasteiger partial charge in [0.2, 0.25) is 0 Å². The molecule has 0 atom stereocenters. The largest absolute Gasteiger partial charge is 0.325 e. The molecule has 4 nitrogen and oxygen atoms in total. The average molecular weight is 272 g/mol. The third-order valence-corrected chi connectivity index (χ3v) is 2.86. The van der Waals surface area contributed by atoms with E-state index in [4.69, 9.17) is 11.6 Å². The summed E-state index contributed by atoms with van der Waals surface area (Å²) in [5, 5.41) is 7.06. The van der Waals surface area contributed by atoms with Gasteiger partial charge in [-0.25, -0.2) is 14.2 Å². The highest BCUT2D eigenvalue weighted by Crippen LogP contribution is 2.24. The summed E-state index contributed by atoms with van der Waals surface area (Å²) in [5.74, 6) is -0.591. The van der Waals surface area contributed by atoms with Crippen molar-refractivity contribution in [3.8, 4) is 0 Å². The lowest BCUT2D eigenvalue weighted by Gasteiger charge is -2.07. The first kappa shape index (κ1) is 11.8. The van der Waals surface area contributed by atoms with Crippen LogP contribution in [0.1, 0.15) is 0 Å². The average Bonchev–Trinajstić information content (AvgIpc) is 2.76. The molecule has 2 rings (SSSR count). The molecule has 7 heteroatoms. The van der Waals surface area contributed by atoms with Gasteiger partial charge in [-0.2, -0.15) is 0 Å². The van der Waals surface area contributed by atoms with E-state index in [1.165, 1.54) is 29.5 Å². The molecular formula is C10H7ClFN3OS. The predicted octanol–water partition coefficient (Wildman–Crippen LogP) is 3.58. The lowest BCUT2D eigenvalue weighted by Crippen LogP contribution is -2.20. The van der Waals surface area contributed by atoms with Crippen LogP contribution in [0.15, 0.2) is 29.8 Å². The Hall–Kier alpha value is -1.66. The molecule has 0 fully saturated rings. The van der Waals surface area contributed by atoms with Crippen molar-refractivity contribution in [2.75, 3.05) is 10.6 Å². The fourth-order valence-corrected chi connectivity index (χ4v) is 1.88. The Kier molecular flexibility index (Phi) is 3.55.